The Hall–Kier alpha value is -0.980. The quantitative estimate of drug-likeness (QED) is 0.846. The van der Waals surface area contributed by atoms with E-state index in [9.17, 15) is 9.18 Å². The van der Waals surface area contributed by atoms with Crippen molar-refractivity contribution < 1.29 is 13.9 Å². The summed E-state index contributed by atoms with van der Waals surface area (Å²) in [4.78, 5) is 12.0. The number of morpholine rings is 1. The van der Waals surface area contributed by atoms with Gasteiger partial charge in [-0.25, -0.2) is 4.39 Å². The number of rotatable bonds is 5. The first-order valence-corrected chi connectivity index (χ1v) is 7.88. The fourth-order valence-electron chi connectivity index (χ4n) is 2.38. The van der Waals surface area contributed by atoms with Crippen LogP contribution in [0.5, 0.6) is 0 Å². The molecule has 0 aromatic heterocycles. The van der Waals surface area contributed by atoms with Crippen molar-refractivity contribution in [3.8, 4) is 0 Å². The number of ether oxygens (including phenoxy) is 1. The number of benzene rings is 1. The third-order valence-corrected chi connectivity index (χ3v) is 3.97. The van der Waals surface area contributed by atoms with Gasteiger partial charge in [0.2, 0.25) is 5.91 Å². The molecule has 0 radical (unpaired) electrons. The van der Waals surface area contributed by atoms with E-state index >= 15 is 0 Å². The lowest BCUT2D eigenvalue weighted by Gasteiger charge is -2.24. The van der Waals surface area contributed by atoms with Crippen molar-refractivity contribution in [2.75, 3.05) is 19.8 Å². The lowest BCUT2D eigenvalue weighted by atomic mass is 10.1. The fraction of sp³-hybridized carbons (Fsp3) is 0.533. The molecular weight excluding hydrogens is 339 g/mol. The number of hydrogen-bond donors (Lipinski definition) is 2. The van der Waals surface area contributed by atoms with Gasteiger partial charge >= 0.3 is 0 Å². The zero-order chi connectivity index (χ0) is 15.2. The van der Waals surface area contributed by atoms with Crippen LogP contribution >= 0.6 is 15.9 Å². The average molecular weight is 359 g/mol. The van der Waals surface area contributed by atoms with Crippen LogP contribution in [0.2, 0.25) is 0 Å². The normalized spacial score (nSPS) is 20.0. The van der Waals surface area contributed by atoms with E-state index in [1.54, 1.807) is 12.1 Å². The predicted octanol–water partition coefficient (Wildman–Crippen LogP) is 2.01. The molecule has 116 valence electrons. The Morgan fingerprint density at radius 1 is 1.62 bits per heavy atom. The Kier molecular flexibility index (Phi) is 6.14. The van der Waals surface area contributed by atoms with Crippen LogP contribution in [-0.4, -0.2) is 37.7 Å². The van der Waals surface area contributed by atoms with Crippen molar-refractivity contribution in [2.24, 2.45) is 0 Å². The van der Waals surface area contributed by atoms with E-state index in [-0.39, 0.29) is 23.8 Å². The number of amides is 1. The summed E-state index contributed by atoms with van der Waals surface area (Å²) in [5.41, 5.74) is 0.982. The molecule has 1 saturated heterocycles. The summed E-state index contributed by atoms with van der Waals surface area (Å²) in [5, 5.41) is 6.22. The molecule has 21 heavy (non-hydrogen) atoms. The maximum atomic E-state index is 13.2. The molecule has 4 nitrogen and oxygen atoms in total. The second-order valence-corrected chi connectivity index (χ2v) is 6.21. The Labute approximate surface area is 132 Å². The molecule has 1 aliphatic heterocycles. The van der Waals surface area contributed by atoms with Gasteiger partial charge in [0.15, 0.2) is 0 Å². The zero-order valence-electron chi connectivity index (χ0n) is 12.0. The minimum atomic E-state index is -0.279. The first-order chi connectivity index (χ1) is 10.0. The summed E-state index contributed by atoms with van der Waals surface area (Å²) in [5.74, 6) is -0.273. The number of nitrogens with one attached hydrogen (secondary N) is 2. The van der Waals surface area contributed by atoms with Gasteiger partial charge in [0.1, 0.15) is 5.82 Å². The summed E-state index contributed by atoms with van der Waals surface area (Å²) in [6.07, 6.45) is 1.08. The van der Waals surface area contributed by atoms with Crippen molar-refractivity contribution in [1.29, 1.82) is 0 Å². The van der Waals surface area contributed by atoms with Gasteiger partial charge in [-0.1, -0.05) is 6.07 Å². The maximum absolute atomic E-state index is 13.2. The molecule has 2 unspecified atom stereocenters. The molecule has 1 amide bonds. The highest BCUT2D eigenvalue weighted by Crippen LogP contribution is 2.17. The highest BCUT2D eigenvalue weighted by atomic mass is 79.9. The highest BCUT2D eigenvalue weighted by molar-refractivity contribution is 9.10. The standard InChI is InChI=1S/C15H20BrFN2O2/c1-10(6-11-2-3-14(17)13(16)7-11)19-15(20)8-12-9-21-5-4-18-12/h2-3,7,10,12,18H,4-6,8-9H2,1H3,(H,19,20). The van der Waals surface area contributed by atoms with E-state index in [1.165, 1.54) is 6.07 Å². The van der Waals surface area contributed by atoms with Crippen molar-refractivity contribution in [3.63, 3.8) is 0 Å². The van der Waals surface area contributed by atoms with Gasteiger partial charge in [-0.15, -0.1) is 0 Å². The van der Waals surface area contributed by atoms with E-state index in [1.807, 2.05) is 6.92 Å². The Morgan fingerprint density at radius 2 is 2.43 bits per heavy atom. The first-order valence-electron chi connectivity index (χ1n) is 7.09. The van der Waals surface area contributed by atoms with E-state index in [2.05, 4.69) is 26.6 Å². The average Bonchev–Trinajstić information content (AvgIpc) is 2.43. The SMILES string of the molecule is CC(Cc1ccc(F)c(Br)c1)NC(=O)CC1COCCN1. The van der Waals surface area contributed by atoms with E-state index in [4.69, 9.17) is 4.74 Å². The van der Waals surface area contributed by atoms with Gasteiger partial charge in [-0.2, -0.15) is 0 Å². The maximum Gasteiger partial charge on any atom is 0.221 e. The van der Waals surface area contributed by atoms with Gasteiger partial charge in [0.25, 0.3) is 0 Å². The summed E-state index contributed by atoms with van der Waals surface area (Å²) >= 11 is 3.17. The summed E-state index contributed by atoms with van der Waals surface area (Å²) < 4.78 is 18.9. The molecule has 1 aliphatic rings. The Bertz CT molecular complexity index is 493. The van der Waals surface area contributed by atoms with Crippen LogP contribution in [0, 0.1) is 5.82 Å². The van der Waals surface area contributed by atoms with E-state index in [0.29, 0.717) is 30.5 Å². The van der Waals surface area contributed by atoms with Crippen LogP contribution in [0.4, 0.5) is 4.39 Å². The number of hydrogen-bond acceptors (Lipinski definition) is 3. The van der Waals surface area contributed by atoms with E-state index < -0.39 is 0 Å². The van der Waals surface area contributed by atoms with E-state index in [0.717, 1.165) is 12.1 Å². The highest BCUT2D eigenvalue weighted by Gasteiger charge is 2.18. The molecule has 0 aliphatic carbocycles. The van der Waals surface area contributed by atoms with Crippen molar-refractivity contribution in [2.45, 2.75) is 31.8 Å². The molecule has 1 fully saturated rings. The Morgan fingerprint density at radius 3 is 3.10 bits per heavy atom. The largest absolute Gasteiger partial charge is 0.378 e. The van der Waals surface area contributed by atoms with Gasteiger partial charge in [0.05, 0.1) is 17.7 Å². The molecule has 1 aromatic rings. The molecule has 0 saturated carbocycles. The second kappa shape index (κ2) is 7.87. The smallest absolute Gasteiger partial charge is 0.221 e. The van der Waals surface area contributed by atoms with Gasteiger partial charge in [-0.3, -0.25) is 4.79 Å². The van der Waals surface area contributed by atoms with Crippen molar-refractivity contribution in [1.82, 2.24) is 10.6 Å². The van der Waals surface area contributed by atoms with Gasteiger partial charge in [0, 0.05) is 25.0 Å². The van der Waals surface area contributed by atoms with Gasteiger partial charge < -0.3 is 15.4 Å². The monoisotopic (exact) mass is 358 g/mol. The van der Waals surface area contributed by atoms with Gasteiger partial charge in [-0.05, 0) is 47.0 Å². The molecule has 2 rings (SSSR count). The molecule has 0 bridgehead atoms. The Balaban J connectivity index is 1.78. The van der Waals surface area contributed by atoms with Crippen LogP contribution in [0.25, 0.3) is 0 Å². The molecule has 6 heteroatoms. The minimum Gasteiger partial charge on any atom is -0.378 e. The van der Waals surface area contributed by atoms with Crippen LogP contribution in [-0.2, 0) is 16.0 Å². The number of halogens is 2. The lowest BCUT2D eigenvalue weighted by Crippen LogP contribution is -2.45. The van der Waals surface area contributed by atoms with Crippen LogP contribution in [0.1, 0.15) is 18.9 Å². The summed E-state index contributed by atoms with van der Waals surface area (Å²) in [6.45, 7) is 4.01. The summed E-state index contributed by atoms with van der Waals surface area (Å²) in [6, 6.07) is 5.00. The first kappa shape index (κ1) is 16.4. The van der Waals surface area contributed by atoms with Crippen molar-refractivity contribution in [3.05, 3.63) is 34.1 Å². The fourth-order valence-corrected chi connectivity index (χ4v) is 2.81. The third kappa shape index (κ3) is 5.37. The predicted molar refractivity (Wildman–Crippen MR) is 82.6 cm³/mol. The molecule has 1 heterocycles. The zero-order valence-corrected chi connectivity index (χ0v) is 13.6. The number of carbonyl (C=O) groups is 1. The van der Waals surface area contributed by atoms with Crippen LogP contribution < -0.4 is 10.6 Å². The molecular formula is C15H20BrFN2O2. The number of carbonyl (C=O) groups excluding carboxylic acids is 1. The molecule has 0 spiro atoms. The van der Waals surface area contributed by atoms with Crippen LogP contribution in [0.3, 0.4) is 0 Å². The topological polar surface area (TPSA) is 50.4 Å². The second-order valence-electron chi connectivity index (χ2n) is 5.35. The summed E-state index contributed by atoms with van der Waals surface area (Å²) in [7, 11) is 0. The third-order valence-electron chi connectivity index (χ3n) is 3.36. The van der Waals surface area contributed by atoms with Crippen LogP contribution in [0.15, 0.2) is 22.7 Å². The minimum absolute atomic E-state index is 0.000583. The molecule has 2 N–H and O–H groups in total. The molecule has 1 aromatic carbocycles. The lowest BCUT2D eigenvalue weighted by molar-refractivity contribution is -0.122. The van der Waals surface area contributed by atoms with Crippen molar-refractivity contribution >= 4 is 21.8 Å². The molecule has 2 atom stereocenters.